The number of benzene rings is 2. The molecule has 2 aliphatic heterocycles. The number of amides is 1. The summed E-state index contributed by atoms with van der Waals surface area (Å²) in [6, 6.07) is 17.3. The van der Waals surface area contributed by atoms with Crippen molar-refractivity contribution in [1.29, 1.82) is 0 Å². The van der Waals surface area contributed by atoms with Gasteiger partial charge in [-0.1, -0.05) is 30.3 Å². The summed E-state index contributed by atoms with van der Waals surface area (Å²) in [6.45, 7) is 2.90. The van der Waals surface area contributed by atoms with Crippen LogP contribution in [-0.4, -0.2) is 42.3 Å². The van der Waals surface area contributed by atoms with Crippen LogP contribution in [0.5, 0.6) is 11.5 Å². The summed E-state index contributed by atoms with van der Waals surface area (Å²) in [4.78, 5) is 19.1. The number of hydrogen-bond donors (Lipinski definition) is 0. The smallest absolute Gasteiger partial charge is 0.286 e. The van der Waals surface area contributed by atoms with Crippen molar-refractivity contribution in [3.8, 4) is 11.5 Å². The summed E-state index contributed by atoms with van der Waals surface area (Å²) in [6.07, 6.45) is 1.87. The van der Waals surface area contributed by atoms with Crippen molar-refractivity contribution in [3.05, 3.63) is 65.1 Å². The van der Waals surface area contributed by atoms with Gasteiger partial charge in [-0.2, -0.15) is 4.99 Å². The van der Waals surface area contributed by atoms with Crippen LogP contribution in [-0.2, 0) is 9.53 Å². The number of rotatable bonds is 3. The van der Waals surface area contributed by atoms with E-state index >= 15 is 0 Å². The van der Waals surface area contributed by atoms with Gasteiger partial charge < -0.3 is 14.4 Å². The zero-order valence-corrected chi connectivity index (χ0v) is 14.9. The number of nitrogens with zero attached hydrogens (tertiary/aromatic N) is 2. The van der Waals surface area contributed by atoms with E-state index in [9.17, 15) is 4.79 Å². The number of amidine groups is 1. The van der Waals surface area contributed by atoms with E-state index in [1.165, 1.54) is 11.8 Å². The van der Waals surface area contributed by atoms with Gasteiger partial charge >= 0.3 is 0 Å². The van der Waals surface area contributed by atoms with Crippen molar-refractivity contribution in [2.24, 2.45) is 4.99 Å². The van der Waals surface area contributed by atoms with E-state index in [2.05, 4.69) is 9.89 Å². The number of aliphatic imine (C=N–C) groups is 1. The van der Waals surface area contributed by atoms with Gasteiger partial charge in [0.15, 0.2) is 5.17 Å². The fourth-order valence-corrected chi connectivity index (χ4v) is 3.66. The Balaban J connectivity index is 1.43. The molecule has 0 aromatic heterocycles. The van der Waals surface area contributed by atoms with E-state index in [-0.39, 0.29) is 5.91 Å². The molecule has 2 aliphatic rings. The first-order valence-electron chi connectivity index (χ1n) is 8.46. The van der Waals surface area contributed by atoms with Gasteiger partial charge in [-0.15, -0.1) is 0 Å². The van der Waals surface area contributed by atoms with Crippen LogP contribution >= 0.6 is 11.8 Å². The van der Waals surface area contributed by atoms with Gasteiger partial charge in [0.1, 0.15) is 11.5 Å². The molecule has 132 valence electrons. The van der Waals surface area contributed by atoms with Gasteiger partial charge in [0.05, 0.1) is 18.1 Å². The maximum absolute atomic E-state index is 12.2. The first kappa shape index (κ1) is 16.9. The number of carbonyl (C=O) groups excluding carboxylic acids is 1. The average molecular weight is 366 g/mol. The summed E-state index contributed by atoms with van der Waals surface area (Å²) in [7, 11) is 0. The van der Waals surface area contributed by atoms with Crippen LogP contribution in [0.2, 0.25) is 0 Å². The van der Waals surface area contributed by atoms with Crippen LogP contribution in [0, 0.1) is 0 Å². The minimum Gasteiger partial charge on any atom is -0.457 e. The quantitative estimate of drug-likeness (QED) is 0.774. The largest absolute Gasteiger partial charge is 0.457 e. The number of para-hydroxylation sites is 1. The third-order valence-corrected chi connectivity index (χ3v) is 5.09. The standard InChI is InChI=1S/C20H18N2O3S/c23-19-18(26-20(21-19)22-10-12-24-13-11-22)14-15-6-8-17(9-7-15)25-16-4-2-1-3-5-16/h1-9,14H,10-13H2/b18-14+. The van der Waals surface area contributed by atoms with Crippen LogP contribution in [0.15, 0.2) is 64.5 Å². The van der Waals surface area contributed by atoms with Crippen LogP contribution in [0.25, 0.3) is 6.08 Å². The van der Waals surface area contributed by atoms with Gasteiger partial charge in [-0.25, -0.2) is 0 Å². The maximum atomic E-state index is 12.2. The zero-order chi connectivity index (χ0) is 17.8. The van der Waals surface area contributed by atoms with E-state index in [1.54, 1.807) is 0 Å². The molecule has 2 aromatic carbocycles. The number of hydrogen-bond acceptors (Lipinski definition) is 5. The molecule has 0 atom stereocenters. The van der Waals surface area contributed by atoms with E-state index in [4.69, 9.17) is 9.47 Å². The van der Waals surface area contributed by atoms with Crippen molar-refractivity contribution >= 4 is 28.9 Å². The molecule has 0 unspecified atom stereocenters. The maximum Gasteiger partial charge on any atom is 0.286 e. The van der Waals surface area contributed by atoms with Gasteiger partial charge in [0.2, 0.25) is 0 Å². The molecular weight excluding hydrogens is 348 g/mol. The Hall–Kier alpha value is -2.57. The summed E-state index contributed by atoms with van der Waals surface area (Å²) >= 11 is 1.43. The fraction of sp³-hybridized carbons (Fsp3) is 0.200. The summed E-state index contributed by atoms with van der Waals surface area (Å²) < 4.78 is 11.1. The lowest BCUT2D eigenvalue weighted by Crippen LogP contribution is -2.38. The van der Waals surface area contributed by atoms with Crippen LogP contribution in [0.1, 0.15) is 5.56 Å². The Morgan fingerprint density at radius 3 is 2.42 bits per heavy atom. The van der Waals surface area contributed by atoms with Crippen LogP contribution in [0.3, 0.4) is 0 Å². The third kappa shape index (κ3) is 3.98. The van der Waals surface area contributed by atoms with Crippen LogP contribution in [0.4, 0.5) is 0 Å². The first-order chi connectivity index (χ1) is 12.8. The SMILES string of the molecule is O=C1N=C(N2CCOCC2)S/C1=C/c1ccc(Oc2ccccc2)cc1. The normalized spacial score (nSPS) is 18.9. The highest BCUT2D eigenvalue weighted by atomic mass is 32.2. The lowest BCUT2D eigenvalue weighted by molar-refractivity contribution is -0.113. The highest BCUT2D eigenvalue weighted by Gasteiger charge is 2.27. The van der Waals surface area contributed by atoms with E-state index < -0.39 is 0 Å². The van der Waals surface area contributed by atoms with Crippen molar-refractivity contribution in [1.82, 2.24) is 4.90 Å². The van der Waals surface area contributed by atoms with Gasteiger partial charge in [-0.05, 0) is 47.7 Å². The molecule has 1 saturated heterocycles. The Labute approximate surface area is 156 Å². The predicted octanol–water partition coefficient (Wildman–Crippen LogP) is 3.78. The number of thioether (sulfide) groups is 1. The van der Waals surface area contributed by atoms with Crippen molar-refractivity contribution in [2.75, 3.05) is 26.3 Å². The molecule has 5 nitrogen and oxygen atoms in total. The van der Waals surface area contributed by atoms with E-state index in [0.29, 0.717) is 18.1 Å². The van der Waals surface area contributed by atoms with Crippen molar-refractivity contribution < 1.29 is 14.3 Å². The van der Waals surface area contributed by atoms with Crippen LogP contribution < -0.4 is 4.74 Å². The molecule has 0 N–H and O–H groups in total. The second kappa shape index (κ2) is 7.76. The lowest BCUT2D eigenvalue weighted by Gasteiger charge is -2.27. The summed E-state index contributed by atoms with van der Waals surface area (Å²) in [5.41, 5.74) is 0.944. The zero-order valence-electron chi connectivity index (χ0n) is 14.1. The minimum absolute atomic E-state index is 0.180. The molecule has 0 spiro atoms. The summed E-state index contributed by atoms with van der Waals surface area (Å²) in [5.74, 6) is 1.37. The number of carbonyl (C=O) groups is 1. The molecule has 26 heavy (non-hydrogen) atoms. The Kier molecular flexibility index (Phi) is 5.04. The fourth-order valence-electron chi connectivity index (χ4n) is 2.70. The molecule has 4 rings (SSSR count). The monoisotopic (exact) mass is 366 g/mol. The molecule has 0 aliphatic carbocycles. The Morgan fingerprint density at radius 2 is 1.69 bits per heavy atom. The highest BCUT2D eigenvalue weighted by molar-refractivity contribution is 8.18. The lowest BCUT2D eigenvalue weighted by atomic mass is 10.2. The molecule has 1 amide bonds. The number of morpholine rings is 1. The minimum atomic E-state index is -0.180. The molecule has 2 heterocycles. The Morgan fingerprint density at radius 1 is 1.00 bits per heavy atom. The molecule has 6 heteroatoms. The topological polar surface area (TPSA) is 51.1 Å². The summed E-state index contributed by atoms with van der Waals surface area (Å²) in [5, 5.41) is 0.772. The predicted molar refractivity (Wildman–Crippen MR) is 103 cm³/mol. The third-order valence-electron chi connectivity index (χ3n) is 4.05. The van der Waals surface area contributed by atoms with Gasteiger partial charge in [0.25, 0.3) is 5.91 Å². The first-order valence-corrected chi connectivity index (χ1v) is 9.28. The number of ether oxygens (including phenoxy) is 2. The van der Waals surface area contributed by atoms with Gasteiger partial charge in [0, 0.05) is 13.1 Å². The molecule has 0 bridgehead atoms. The molecular formula is C20H18N2O3S. The van der Waals surface area contributed by atoms with E-state index in [1.807, 2.05) is 60.7 Å². The molecule has 0 saturated carbocycles. The van der Waals surface area contributed by atoms with Crippen molar-refractivity contribution in [2.45, 2.75) is 0 Å². The van der Waals surface area contributed by atoms with E-state index in [0.717, 1.165) is 35.3 Å². The average Bonchev–Trinajstić information content (AvgIpc) is 3.05. The second-order valence-corrected chi connectivity index (χ2v) is 6.90. The van der Waals surface area contributed by atoms with Gasteiger partial charge in [-0.3, -0.25) is 4.79 Å². The molecule has 2 aromatic rings. The second-order valence-electron chi connectivity index (χ2n) is 5.89. The molecule has 1 fully saturated rings. The molecule has 0 radical (unpaired) electrons. The Bertz CT molecular complexity index is 841. The van der Waals surface area contributed by atoms with Crippen molar-refractivity contribution in [3.63, 3.8) is 0 Å². The highest BCUT2D eigenvalue weighted by Crippen LogP contribution is 2.31.